The largest absolute Gasteiger partial charge is 0.495 e. The predicted octanol–water partition coefficient (Wildman–Crippen LogP) is 2.12. The van der Waals surface area contributed by atoms with Crippen LogP contribution in [-0.4, -0.2) is 28.2 Å². The van der Waals surface area contributed by atoms with Gasteiger partial charge in [-0.2, -0.15) is 0 Å². The molecule has 3 rings (SSSR count). The van der Waals surface area contributed by atoms with E-state index in [0.29, 0.717) is 5.92 Å². The van der Waals surface area contributed by atoms with Crippen LogP contribution < -0.4 is 10.5 Å². The third-order valence-electron chi connectivity index (χ3n) is 3.91. The fraction of sp³-hybridized carbons (Fsp3) is 0.467. The highest BCUT2D eigenvalue weighted by molar-refractivity contribution is 5.30. The standard InChI is InChI=1S/C15H20N4O/c1-20-12-4-5-15(17-8-12)19-9-14(18-10-19)13-7-11(13)3-2-6-16/h4-5,8-11,13H,2-3,6-7,16H2,1H3. The molecule has 1 fully saturated rings. The van der Waals surface area contributed by atoms with Gasteiger partial charge in [0.2, 0.25) is 0 Å². The molecule has 0 aliphatic heterocycles. The Labute approximate surface area is 118 Å². The SMILES string of the molecule is COc1ccc(-n2cnc(C3CC3CCCN)c2)nc1. The highest BCUT2D eigenvalue weighted by Crippen LogP contribution is 2.49. The van der Waals surface area contributed by atoms with Crippen LogP contribution in [0.15, 0.2) is 30.9 Å². The predicted molar refractivity (Wildman–Crippen MR) is 77.0 cm³/mol. The Balaban J connectivity index is 1.67. The van der Waals surface area contributed by atoms with E-state index in [1.165, 1.54) is 18.5 Å². The van der Waals surface area contributed by atoms with Crippen molar-refractivity contribution in [2.24, 2.45) is 11.7 Å². The molecule has 0 amide bonds. The molecule has 2 N–H and O–H groups in total. The van der Waals surface area contributed by atoms with Gasteiger partial charge in [0, 0.05) is 12.1 Å². The highest BCUT2D eigenvalue weighted by atomic mass is 16.5. The summed E-state index contributed by atoms with van der Waals surface area (Å²) in [5.74, 6) is 3.01. The number of hydrogen-bond acceptors (Lipinski definition) is 4. The minimum Gasteiger partial charge on any atom is -0.495 e. The number of rotatable bonds is 6. The second-order valence-electron chi connectivity index (χ2n) is 5.30. The number of nitrogens with zero attached hydrogens (tertiary/aromatic N) is 3. The maximum absolute atomic E-state index is 5.55. The van der Waals surface area contributed by atoms with E-state index in [1.54, 1.807) is 13.3 Å². The fourth-order valence-electron chi connectivity index (χ4n) is 2.61. The number of hydrogen-bond donors (Lipinski definition) is 1. The third-order valence-corrected chi connectivity index (χ3v) is 3.91. The van der Waals surface area contributed by atoms with Gasteiger partial charge in [0.15, 0.2) is 0 Å². The summed E-state index contributed by atoms with van der Waals surface area (Å²) in [5, 5.41) is 0. The maximum atomic E-state index is 5.55. The van der Waals surface area contributed by atoms with Gasteiger partial charge in [-0.3, -0.25) is 4.57 Å². The summed E-state index contributed by atoms with van der Waals surface area (Å²) >= 11 is 0. The summed E-state index contributed by atoms with van der Waals surface area (Å²) in [4.78, 5) is 8.88. The third kappa shape index (κ3) is 2.67. The molecule has 2 aromatic rings. The normalized spacial score (nSPS) is 20.9. The molecular weight excluding hydrogens is 252 g/mol. The van der Waals surface area contributed by atoms with Crippen LogP contribution in [0.2, 0.25) is 0 Å². The first kappa shape index (κ1) is 13.1. The molecule has 0 spiro atoms. The average molecular weight is 272 g/mol. The van der Waals surface area contributed by atoms with Gasteiger partial charge in [-0.15, -0.1) is 0 Å². The first-order chi connectivity index (χ1) is 9.81. The van der Waals surface area contributed by atoms with Crippen LogP contribution in [-0.2, 0) is 0 Å². The topological polar surface area (TPSA) is 66.0 Å². The number of nitrogens with two attached hydrogens (primary N) is 1. The van der Waals surface area contributed by atoms with Gasteiger partial charge in [0.05, 0.1) is 19.0 Å². The Morgan fingerprint density at radius 1 is 1.40 bits per heavy atom. The second-order valence-corrected chi connectivity index (χ2v) is 5.30. The van der Waals surface area contributed by atoms with Crippen molar-refractivity contribution in [2.45, 2.75) is 25.2 Å². The van der Waals surface area contributed by atoms with E-state index in [0.717, 1.165) is 30.5 Å². The molecule has 20 heavy (non-hydrogen) atoms. The van der Waals surface area contributed by atoms with Crippen LogP contribution in [0.4, 0.5) is 0 Å². The maximum Gasteiger partial charge on any atom is 0.138 e. The Bertz CT molecular complexity index is 564. The van der Waals surface area contributed by atoms with E-state index in [-0.39, 0.29) is 0 Å². The van der Waals surface area contributed by atoms with Crippen LogP contribution in [0, 0.1) is 5.92 Å². The number of imidazole rings is 1. The molecular formula is C15H20N4O. The van der Waals surface area contributed by atoms with Gasteiger partial charge in [0.25, 0.3) is 0 Å². The van der Waals surface area contributed by atoms with E-state index >= 15 is 0 Å². The molecule has 1 aliphatic carbocycles. The van der Waals surface area contributed by atoms with Crippen LogP contribution in [0.3, 0.4) is 0 Å². The Hall–Kier alpha value is -1.88. The molecule has 0 saturated heterocycles. The number of pyridine rings is 1. The monoisotopic (exact) mass is 272 g/mol. The molecule has 0 aromatic carbocycles. The molecule has 0 bridgehead atoms. The molecule has 2 heterocycles. The highest BCUT2D eigenvalue weighted by Gasteiger charge is 2.39. The van der Waals surface area contributed by atoms with Gasteiger partial charge >= 0.3 is 0 Å². The molecule has 1 saturated carbocycles. The minimum absolute atomic E-state index is 0.612. The summed E-state index contributed by atoms with van der Waals surface area (Å²) in [6, 6.07) is 3.84. The van der Waals surface area contributed by atoms with Crippen LogP contribution in [0.1, 0.15) is 30.9 Å². The summed E-state index contributed by atoms with van der Waals surface area (Å²) in [6.07, 6.45) is 9.21. The smallest absolute Gasteiger partial charge is 0.138 e. The van der Waals surface area contributed by atoms with E-state index in [9.17, 15) is 0 Å². The first-order valence-electron chi connectivity index (χ1n) is 7.06. The van der Waals surface area contributed by atoms with E-state index in [4.69, 9.17) is 10.5 Å². The zero-order valence-corrected chi connectivity index (χ0v) is 11.7. The van der Waals surface area contributed by atoms with Gasteiger partial charge in [-0.1, -0.05) is 0 Å². The Morgan fingerprint density at radius 2 is 2.30 bits per heavy atom. The number of ether oxygens (including phenoxy) is 1. The lowest BCUT2D eigenvalue weighted by Gasteiger charge is -2.02. The summed E-state index contributed by atoms with van der Waals surface area (Å²) in [5.41, 5.74) is 6.73. The first-order valence-corrected chi connectivity index (χ1v) is 7.06. The number of methoxy groups -OCH3 is 1. The minimum atomic E-state index is 0.612. The number of aromatic nitrogens is 3. The lowest BCUT2D eigenvalue weighted by atomic mass is 10.1. The fourth-order valence-corrected chi connectivity index (χ4v) is 2.61. The van der Waals surface area contributed by atoms with Crippen molar-refractivity contribution in [3.63, 3.8) is 0 Å². The Kier molecular flexibility index (Phi) is 3.69. The van der Waals surface area contributed by atoms with Crippen molar-refractivity contribution < 1.29 is 4.74 Å². The van der Waals surface area contributed by atoms with Crippen LogP contribution >= 0.6 is 0 Å². The summed E-state index contributed by atoms with van der Waals surface area (Å²) in [7, 11) is 1.64. The molecule has 5 heteroatoms. The van der Waals surface area contributed by atoms with Crippen LogP contribution in [0.5, 0.6) is 5.75 Å². The zero-order chi connectivity index (χ0) is 13.9. The van der Waals surface area contributed by atoms with Crippen molar-refractivity contribution in [1.29, 1.82) is 0 Å². The molecule has 2 unspecified atom stereocenters. The quantitative estimate of drug-likeness (QED) is 0.874. The average Bonchev–Trinajstić information content (AvgIpc) is 3.11. The van der Waals surface area contributed by atoms with Crippen molar-refractivity contribution in [3.8, 4) is 11.6 Å². The van der Waals surface area contributed by atoms with Crippen molar-refractivity contribution in [2.75, 3.05) is 13.7 Å². The van der Waals surface area contributed by atoms with Gasteiger partial charge in [-0.25, -0.2) is 9.97 Å². The van der Waals surface area contributed by atoms with Gasteiger partial charge in [-0.05, 0) is 43.9 Å². The Morgan fingerprint density at radius 3 is 3.00 bits per heavy atom. The van der Waals surface area contributed by atoms with Crippen molar-refractivity contribution in [3.05, 3.63) is 36.5 Å². The van der Waals surface area contributed by atoms with E-state index in [1.807, 2.05) is 23.0 Å². The molecule has 2 aromatic heterocycles. The molecule has 0 radical (unpaired) electrons. The summed E-state index contributed by atoms with van der Waals surface area (Å²) < 4.78 is 7.08. The van der Waals surface area contributed by atoms with Crippen LogP contribution in [0.25, 0.3) is 5.82 Å². The van der Waals surface area contributed by atoms with Crippen molar-refractivity contribution in [1.82, 2.24) is 14.5 Å². The molecule has 2 atom stereocenters. The van der Waals surface area contributed by atoms with Gasteiger partial charge in [0.1, 0.15) is 17.9 Å². The molecule has 106 valence electrons. The lowest BCUT2D eigenvalue weighted by molar-refractivity contribution is 0.413. The second kappa shape index (κ2) is 5.63. The van der Waals surface area contributed by atoms with Gasteiger partial charge < -0.3 is 10.5 Å². The molecule has 5 nitrogen and oxygen atoms in total. The lowest BCUT2D eigenvalue weighted by Crippen LogP contribution is -1.98. The zero-order valence-electron chi connectivity index (χ0n) is 11.7. The summed E-state index contributed by atoms with van der Waals surface area (Å²) in [6.45, 7) is 0.785. The molecule has 1 aliphatic rings. The van der Waals surface area contributed by atoms with E-state index in [2.05, 4.69) is 16.2 Å². The van der Waals surface area contributed by atoms with E-state index < -0.39 is 0 Å². The van der Waals surface area contributed by atoms with Crippen molar-refractivity contribution >= 4 is 0 Å².